The van der Waals surface area contributed by atoms with Gasteiger partial charge in [0.15, 0.2) is 5.82 Å². The second-order valence-electron chi connectivity index (χ2n) is 4.68. The van der Waals surface area contributed by atoms with Gasteiger partial charge in [0.2, 0.25) is 0 Å². The maximum absolute atomic E-state index is 5.73. The van der Waals surface area contributed by atoms with Gasteiger partial charge in [0.1, 0.15) is 0 Å². The maximum Gasteiger partial charge on any atom is 0.152 e. The summed E-state index contributed by atoms with van der Waals surface area (Å²) in [6, 6.07) is 10.1. The Kier molecular flexibility index (Phi) is 2.98. The van der Waals surface area contributed by atoms with Gasteiger partial charge in [-0.3, -0.25) is 0 Å². The van der Waals surface area contributed by atoms with Crippen molar-refractivity contribution in [3.8, 4) is 5.69 Å². The fourth-order valence-corrected chi connectivity index (χ4v) is 2.43. The molecule has 0 aliphatic carbocycles. The Labute approximate surface area is 106 Å². The van der Waals surface area contributed by atoms with Gasteiger partial charge in [0.05, 0.1) is 11.9 Å². The Morgan fingerprint density at radius 1 is 1.28 bits per heavy atom. The highest BCUT2D eigenvalue weighted by Crippen LogP contribution is 2.24. The number of hydrogen-bond acceptors (Lipinski definition) is 4. The topological polar surface area (TPSA) is 60.0 Å². The molecular formula is C13H17N5. The molecule has 1 saturated heterocycles. The first-order chi connectivity index (χ1) is 8.88. The van der Waals surface area contributed by atoms with Gasteiger partial charge < -0.3 is 10.6 Å². The van der Waals surface area contributed by atoms with Crippen LogP contribution >= 0.6 is 0 Å². The third-order valence-electron chi connectivity index (χ3n) is 3.48. The third-order valence-corrected chi connectivity index (χ3v) is 3.48. The van der Waals surface area contributed by atoms with Crippen LogP contribution in [0.2, 0.25) is 0 Å². The molecule has 0 radical (unpaired) electrons. The second-order valence-corrected chi connectivity index (χ2v) is 4.68. The fourth-order valence-electron chi connectivity index (χ4n) is 2.43. The summed E-state index contributed by atoms with van der Waals surface area (Å²) < 4.78 is 1.89. The van der Waals surface area contributed by atoms with Crippen molar-refractivity contribution in [2.75, 3.05) is 24.5 Å². The predicted molar refractivity (Wildman–Crippen MR) is 70.7 cm³/mol. The fraction of sp³-hybridized carbons (Fsp3) is 0.385. The van der Waals surface area contributed by atoms with Crippen LogP contribution in [0.4, 0.5) is 5.82 Å². The number of nitrogens with two attached hydrogens (primary N) is 1. The van der Waals surface area contributed by atoms with Crippen LogP contribution in [-0.2, 0) is 0 Å². The van der Waals surface area contributed by atoms with Gasteiger partial charge >= 0.3 is 0 Å². The molecule has 5 heteroatoms. The molecule has 0 amide bonds. The van der Waals surface area contributed by atoms with Gasteiger partial charge in [-0.1, -0.05) is 23.4 Å². The van der Waals surface area contributed by atoms with E-state index < -0.39 is 0 Å². The second kappa shape index (κ2) is 4.78. The minimum absolute atomic E-state index is 0.587. The highest BCUT2D eigenvalue weighted by atomic mass is 15.5. The van der Waals surface area contributed by atoms with Crippen LogP contribution in [0, 0.1) is 5.92 Å². The first-order valence-electron chi connectivity index (χ1n) is 6.29. The Balaban J connectivity index is 1.89. The largest absolute Gasteiger partial charge is 0.355 e. The lowest BCUT2D eigenvalue weighted by molar-refractivity contribution is 0.601. The number of benzene rings is 1. The van der Waals surface area contributed by atoms with E-state index >= 15 is 0 Å². The van der Waals surface area contributed by atoms with Crippen molar-refractivity contribution < 1.29 is 0 Å². The van der Waals surface area contributed by atoms with E-state index in [4.69, 9.17) is 5.73 Å². The van der Waals surface area contributed by atoms with E-state index in [1.165, 1.54) is 0 Å². The molecular weight excluding hydrogens is 226 g/mol. The summed E-state index contributed by atoms with van der Waals surface area (Å²) in [5.41, 5.74) is 6.78. The molecule has 1 fully saturated rings. The SMILES string of the molecule is NCC1CCN(c2cnnn2-c2ccccc2)C1. The van der Waals surface area contributed by atoms with E-state index in [-0.39, 0.29) is 0 Å². The van der Waals surface area contributed by atoms with Crippen molar-refractivity contribution in [3.05, 3.63) is 36.5 Å². The molecule has 1 atom stereocenters. The van der Waals surface area contributed by atoms with Crippen molar-refractivity contribution in [1.82, 2.24) is 15.0 Å². The smallest absolute Gasteiger partial charge is 0.152 e. The van der Waals surface area contributed by atoms with Crippen LogP contribution in [0.3, 0.4) is 0 Å². The van der Waals surface area contributed by atoms with Crippen molar-refractivity contribution >= 4 is 5.82 Å². The summed E-state index contributed by atoms with van der Waals surface area (Å²) in [6.45, 7) is 2.78. The van der Waals surface area contributed by atoms with Crippen LogP contribution in [-0.4, -0.2) is 34.6 Å². The molecule has 94 valence electrons. The van der Waals surface area contributed by atoms with E-state index in [1.54, 1.807) is 0 Å². The molecule has 1 aromatic carbocycles. The van der Waals surface area contributed by atoms with Crippen molar-refractivity contribution in [1.29, 1.82) is 0 Å². The molecule has 2 aromatic rings. The van der Waals surface area contributed by atoms with Gasteiger partial charge in [-0.2, -0.15) is 4.68 Å². The first-order valence-corrected chi connectivity index (χ1v) is 6.29. The summed E-state index contributed by atoms with van der Waals surface area (Å²) in [5.74, 6) is 1.64. The predicted octanol–water partition coefficient (Wildman–Crippen LogP) is 1.05. The summed E-state index contributed by atoms with van der Waals surface area (Å²) in [7, 11) is 0. The van der Waals surface area contributed by atoms with E-state index in [1.807, 2.05) is 41.2 Å². The Morgan fingerprint density at radius 2 is 2.11 bits per heavy atom. The number of anilines is 1. The maximum atomic E-state index is 5.73. The van der Waals surface area contributed by atoms with Crippen LogP contribution in [0.1, 0.15) is 6.42 Å². The van der Waals surface area contributed by atoms with Crippen LogP contribution < -0.4 is 10.6 Å². The highest BCUT2D eigenvalue weighted by molar-refractivity contribution is 5.45. The summed E-state index contributed by atoms with van der Waals surface area (Å²) in [5, 5.41) is 8.21. The molecule has 18 heavy (non-hydrogen) atoms. The lowest BCUT2D eigenvalue weighted by Gasteiger charge is -2.18. The zero-order valence-electron chi connectivity index (χ0n) is 10.2. The molecule has 0 bridgehead atoms. The standard InChI is InChI=1S/C13H17N5/c14-8-11-6-7-17(10-11)13-9-15-16-18(13)12-4-2-1-3-5-12/h1-5,9,11H,6-8,10,14H2. The number of hydrogen-bond donors (Lipinski definition) is 1. The van der Waals surface area contributed by atoms with Gasteiger partial charge in [-0.15, -0.1) is 5.10 Å². The molecule has 1 aliphatic rings. The average molecular weight is 243 g/mol. The van der Waals surface area contributed by atoms with E-state index in [2.05, 4.69) is 15.2 Å². The van der Waals surface area contributed by atoms with Crippen LogP contribution in [0.25, 0.3) is 5.69 Å². The van der Waals surface area contributed by atoms with Crippen LogP contribution in [0.15, 0.2) is 36.5 Å². The first kappa shape index (κ1) is 11.2. The summed E-state index contributed by atoms with van der Waals surface area (Å²) >= 11 is 0. The quantitative estimate of drug-likeness (QED) is 0.875. The van der Waals surface area contributed by atoms with Crippen molar-refractivity contribution in [2.45, 2.75) is 6.42 Å². The van der Waals surface area contributed by atoms with Crippen molar-refractivity contribution in [3.63, 3.8) is 0 Å². The van der Waals surface area contributed by atoms with Crippen LogP contribution in [0.5, 0.6) is 0 Å². The molecule has 5 nitrogen and oxygen atoms in total. The lowest BCUT2D eigenvalue weighted by Crippen LogP contribution is -2.24. The van der Waals surface area contributed by atoms with E-state index in [0.29, 0.717) is 5.92 Å². The molecule has 1 aromatic heterocycles. The monoisotopic (exact) mass is 243 g/mol. The lowest BCUT2D eigenvalue weighted by atomic mass is 10.1. The van der Waals surface area contributed by atoms with Gasteiger partial charge in [0, 0.05) is 13.1 Å². The molecule has 3 rings (SSSR count). The minimum Gasteiger partial charge on any atom is -0.355 e. The van der Waals surface area contributed by atoms with Gasteiger partial charge in [-0.05, 0) is 31.0 Å². The molecule has 1 unspecified atom stereocenters. The Hall–Kier alpha value is -1.88. The molecule has 0 spiro atoms. The minimum atomic E-state index is 0.587. The van der Waals surface area contributed by atoms with E-state index in [0.717, 1.165) is 37.6 Å². The number of rotatable bonds is 3. The zero-order valence-corrected chi connectivity index (χ0v) is 10.2. The highest BCUT2D eigenvalue weighted by Gasteiger charge is 2.24. The van der Waals surface area contributed by atoms with Crippen molar-refractivity contribution in [2.24, 2.45) is 11.7 Å². The molecule has 1 aliphatic heterocycles. The molecule has 2 N–H and O–H groups in total. The Bertz CT molecular complexity index is 507. The zero-order chi connectivity index (χ0) is 12.4. The summed E-state index contributed by atoms with van der Waals surface area (Å²) in [6.07, 6.45) is 2.97. The summed E-state index contributed by atoms with van der Waals surface area (Å²) in [4.78, 5) is 2.31. The third kappa shape index (κ3) is 1.97. The normalized spacial score (nSPS) is 19.4. The Morgan fingerprint density at radius 3 is 2.83 bits per heavy atom. The number of aromatic nitrogens is 3. The average Bonchev–Trinajstić information content (AvgIpc) is 3.08. The number of para-hydroxylation sites is 1. The number of nitrogens with zero attached hydrogens (tertiary/aromatic N) is 4. The van der Waals surface area contributed by atoms with Gasteiger partial charge in [-0.25, -0.2) is 0 Å². The van der Waals surface area contributed by atoms with Gasteiger partial charge in [0.25, 0.3) is 0 Å². The van der Waals surface area contributed by atoms with E-state index in [9.17, 15) is 0 Å². The molecule has 0 saturated carbocycles. The molecule has 2 heterocycles.